The molecule has 0 spiro atoms. The summed E-state index contributed by atoms with van der Waals surface area (Å²) in [7, 11) is 0. The minimum absolute atomic E-state index is 0.0725. The van der Waals surface area contributed by atoms with E-state index in [9.17, 15) is 9.59 Å². The summed E-state index contributed by atoms with van der Waals surface area (Å²) < 4.78 is 5.33. The smallest absolute Gasteiger partial charge is 0.273 e. The zero-order valence-corrected chi connectivity index (χ0v) is 18.0. The Morgan fingerprint density at radius 2 is 1.84 bits per heavy atom. The molecular weight excluding hydrogens is 406 g/mol. The number of morpholine rings is 1. The van der Waals surface area contributed by atoms with Gasteiger partial charge in [0.2, 0.25) is 0 Å². The highest BCUT2D eigenvalue weighted by Gasteiger charge is 2.34. The van der Waals surface area contributed by atoms with Gasteiger partial charge in [0.15, 0.2) is 5.82 Å². The molecule has 8 heteroatoms. The number of hydrogen-bond donors (Lipinski definition) is 0. The summed E-state index contributed by atoms with van der Waals surface area (Å²) in [6.45, 7) is 4.69. The second kappa shape index (κ2) is 8.63. The molecule has 0 N–H and O–H groups in total. The third kappa shape index (κ3) is 3.71. The molecule has 2 aliphatic heterocycles. The van der Waals surface area contributed by atoms with Crippen molar-refractivity contribution in [1.82, 2.24) is 24.8 Å². The molecule has 2 saturated heterocycles. The van der Waals surface area contributed by atoms with Crippen LogP contribution in [0.1, 0.15) is 51.2 Å². The van der Waals surface area contributed by atoms with Gasteiger partial charge < -0.3 is 14.5 Å². The number of pyridine rings is 1. The van der Waals surface area contributed by atoms with Crippen molar-refractivity contribution in [2.75, 3.05) is 32.8 Å². The van der Waals surface area contributed by atoms with Crippen LogP contribution >= 0.6 is 0 Å². The highest BCUT2D eigenvalue weighted by Crippen LogP contribution is 2.32. The molecule has 2 amide bonds. The van der Waals surface area contributed by atoms with E-state index in [0.29, 0.717) is 55.6 Å². The van der Waals surface area contributed by atoms with Gasteiger partial charge in [-0.05, 0) is 31.2 Å². The van der Waals surface area contributed by atoms with Crippen LogP contribution in [0.25, 0.3) is 10.8 Å². The Morgan fingerprint density at radius 1 is 1.03 bits per heavy atom. The van der Waals surface area contributed by atoms with Crippen molar-refractivity contribution in [2.24, 2.45) is 0 Å². The maximum atomic E-state index is 13.4. The van der Waals surface area contributed by atoms with Crippen molar-refractivity contribution in [3.8, 4) is 0 Å². The SMILES string of the molecule is Cc1nc([C@H]2CCCN2C(=O)c2nccc3ccccc23)ncc1C(=O)N1CCOCC1. The maximum Gasteiger partial charge on any atom is 0.273 e. The molecule has 5 rings (SSSR count). The Morgan fingerprint density at radius 3 is 2.66 bits per heavy atom. The van der Waals surface area contributed by atoms with E-state index >= 15 is 0 Å². The zero-order valence-electron chi connectivity index (χ0n) is 18.0. The average Bonchev–Trinajstić information content (AvgIpc) is 3.33. The van der Waals surface area contributed by atoms with Crippen molar-refractivity contribution < 1.29 is 14.3 Å². The fraction of sp³-hybridized carbons (Fsp3) is 0.375. The number of hydrogen-bond acceptors (Lipinski definition) is 6. The Hall–Kier alpha value is -3.39. The number of amides is 2. The summed E-state index contributed by atoms with van der Waals surface area (Å²) in [5.74, 6) is 0.391. The second-order valence-electron chi connectivity index (χ2n) is 8.17. The van der Waals surface area contributed by atoms with Gasteiger partial charge in [0.25, 0.3) is 11.8 Å². The van der Waals surface area contributed by atoms with Gasteiger partial charge in [0, 0.05) is 37.4 Å². The Labute approximate surface area is 186 Å². The van der Waals surface area contributed by atoms with Gasteiger partial charge in [0.1, 0.15) is 5.69 Å². The quantitative estimate of drug-likeness (QED) is 0.634. The van der Waals surface area contributed by atoms with E-state index in [1.165, 1.54) is 0 Å². The second-order valence-corrected chi connectivity index (χ2v) is 8.17. The van der Waals surface area contributed by atoms with Gasteiger partial charge in [-0.2, -0.15) is 0 Å². The summed E-state index contributed by atoms with van der Waals surface area (Å²) in [5, 5.41) is 1.83. The summed E-state index contributed by atoms with van der Waals surface area (Å²) in [6.07, 6.45) is 4.94. The number of carbonyl (C=O) groups is 2. The molecule has 0 radical (unpaired) electrons. The number of carbonyl (C=O) groups excluding carboxylic acids is 2. The summed E-state index contributed by atoms with van der Waals surface area (Å²) in [4.78, 5) is 43.5. The van der Waals surface area contributed by atoms with Crippen LogP contribution in [0.3, 0.4) is 0 Å². The predicted molar refractivity (Wildman–Crippen MR) is 118 cm³/mol. The van der Waals surface area contributed by atoms with Gasteiger partial charge >= 0.3 is 0 Å². The molecular formula is C24H25N5O3. The number of nitrogens with zero attached hydrogens (tertiary/aromatic N) is 5. The number of benzene rings is 1. The van der Waals surface area contributed by atoms with Crippen LogP contribution in [-0.2, 0) is 4.74 Å². The van der Waals surface area contributed by atoms with Gasteiger partial charge in [-0.3, -0.25) is 14.6 Å². The fourth-order valence-electron chi connectivity index (χ4n) is 4.50. The minimum atomic E-state index is -0.227. The van der Waals surface area contributed by atoms with E-state index in [1.54, 1.807) is 17.3 Å². The highest BCUT2D eigenvalue weighted by atomic mass is 16.5. The first-order valence-corrected chi connectivity index (χ1v) is 11.0. The van der Waals surface area contributed by atoms with Crippen molar-refractivity contribution in [2.45, 2.75) is 25.8 Å². The first-order valence-electron chi connectivity index (χ1n) is 11.0. The van der Waals surface area contributed by atoms with E-state index < -0.39 is 0 Å². The molecule has 2 aromatic heterocycles. The third-order valence-electron chi connectivity index (χ3n) is 6.21. The van der Waals surface area contributed by atoms with E-state index in [2.05, 4.69) is 15.0 Å². The molecule has 2 aliphatic rings. The van der Waals surface area contributed by atoms with E-state index in [4.69, 9.17) is 4.74 Å². The maximum absolute atomic E-state index is 13.4. The topological polar surface area (TPSA) is 88.5 Å². The number of ether oxygens (including phenoxy) is 1. The van der Waals surface area contributed by atoms with Crippen LogP contribution in [-0.4, -0.2) is 69.4 Å². The lowest BCUT2D eigenvalue weighted by molar-refractivity contribution is 0.0301. The van der Waals surface area contributed by atoms with E-state index in [-0.39, 0.29) is 17.9 Å². The summed E-state index contributed by atoms with van der Waals surface area (Å²) in [6, 6.07) is 9.45. The first kappa shape index (κ1) is 20.5. The largest absolute Gasteiger partial charge is 0.378 e. The molecule has 164 valence electrons. The van der Waals surface area contributed by atoms with Crippen LogP contribution in [0, 0.1) is 6.92 Å². The monoisotopic (exact) mass is 431 g/mol. The summed E-state index contributed by atoms with van der Waals surface area (Å²) in [5.41, 5.74) is 1.59. The molecule has 0 bridgehead atoms. The minimum Gasteiger partial charge on any atom is -0.378 e. The number of likely N-dealkylation sites (tertiary alicyclic amines) is 1. The molecule has 1 atom stereocenters. The highest BCUT2D eigenvalue weighted by molar-refractivity contribution is 6.05. The lowest BCUT2D eigenvalue weighted by Crippen LogP contribution is -2.41. The molecule has 0 unspecified atom stereocenters. The zero-order chi connectivity index (χ0) is 22.1. The van der Waals surface area contributed by atoms with Crippen LogP contribution < -0.4 is 0 Å². The van der Waals surface area contributed by atoms with Crippen LogP contribution in [0.5, 0.6) is 0 Å². The van der Waals surface area contributed by atoms with Gasteiger partial charge in [-0.1, -0.05) is 24.3 Å². The molecule has 3 aromatic rings. The Kier molecular flexibility index (Phi) is 5.53. The Balaban J connectivity index is 1.41. The van der Waals surface area contributed by atoms with Crippen LogP contribution in [0.15, 0.2) is 42.7 Å². The standard InChI is InChI=1S/C24H25N5O3/c1-16-19(23(30)28-11-13-32-14-12-28)15-26-22(27-16)20-7-4-10-29(20)24(31)21-18-6-3-2-5-17(18)8-9-25-21/h2-3,5-6,8-9,15,20H,4,7,10-14H2,1H3/t20-/m1/s1. The Bertz CT molecular complexity index is 1170. The molecule has 2 fully saturated rings. The summed E-state index contributed by atoms with van der Waals surface area (Å²) >= 11 is 0. The van der Waals surface area contributed by atoms with E-state index in [0.717, 1.165) is 23.6 Å². The van der Waals surface area contributed by atoms with E-state index in [1.807, 2.05) is 42.2 Å². The lowest BCUT2D eigenvalue weighted by atomic mass is 10.1. The van der Waals surface area contributed by atoms with Gasteiger partial charge in [0.05, 0.1) is 30.5 Å². The predicted octanol–water partition coefficient (Wildman–Crippen LogP) is 2.78. The molecule has 1 aromatic carbocycles. The molecule has 0 aliphatic carbocycles. The molecule has 8 nitrogen and oxygen atoms in total. The average molecular weight is 431 g/mol. The molecule has 0 saturated carbocycles. The van der Waals surface area contributed by atoms with Gasteiger partial charge in [-0.25, -0.2) is 9.97 Å². The van der Waals surface area contributed by atoms with Crippen LogP contribution in [0.4, 0.5) is 0 Å². The van der Waals surface area contributed by atoms with Crippen molar-refractivity contribution in [3.05, 3.63) is 65.5 Å². The third-order valence-corrected chi connectivity index (χ3v) is 6.21. The normalized spacial score (nSPS) is 18.8. The molecule has 4 heterocycles. The number of aryl methyl sites for hydroxylation is 1. The van der Waals surface area contributed by atoms with Crippen molar-refractivity contribution in [1.29, 1.82) is 0 Å². The number of fused-ring (bicyclic) bond motifs is 1. The number of rotatable bonds is 3. The van der Waals surface area contributed by atoms with Crippen molar-refractivity contribution in [3.63, 3.8) is 0 Å². The van der Waals surface area contributed by atoms with Gasteiger partial charge in [-0.15, -0.1) is 0 Å². The molecule has 32 heavy (non-hydrogen) atoms. The first-order chi connectivity index (χ1) is 15.6. The fourth-order valence-corrected chi connectivity index (χ4v) is 4.50. The lowest BCUT2D eigenvalue weighted by Gasteiger charge is -2.27. The number of aromatic nitrogens is 3. The van der Waals surface area contributed by atoms with Crippen LogP contribution in [0.2, 0.25) is 0 Å². The van der Waals surface area contributed by atoms with Crippen molar-refractivity contribution >= 4 is 22.6 Å².